The molecule has 146 valence electrons. The molecule has 0 radical (unpaired) electrons. The monoisotopic (exact) mass is 390 g/mol. The molecular formula is C18H26N6O2S. The number of nitrogens with one attached hydrogen (secondary N) is 1. The van der Waals surface area contributed by atoms with Crippen LogP contribution in [0.25, 0.3) is 0 Å². The summed E-state index contributed by atoms with van der Waals surface area (Å²) in [4.78, 5) is 14.8. The number of aromatic nitrogens is 4. The molecule has 1 saturated carbocycles. The van der Waals surface area contributed by atoms with Crippen molar-refractivity contribution < 1.29 is 9.32 Å². The number of aryl methyl sites for hydroxylation is 1. The van der Waals surface area contributed by atoms with Crippen molar-refractivity contribution in [3.8, 4) is 0 Å². The summed E-state index contributed by atoms with van der Waals surface area (Å²) < 4.78 is 7.24. The van der Waals surface area contributed by atoms with Crippen LogP contribution in [0.3, 0.4) is 0 Å². The first-order valence-corrected chi connectivity index (χ1v) is 10.5. The number of amides is 1. The van der Waals surface area contributed by atoms with Crippen LogP contribution in [0.5, 0.6) is 0 Å². The second-order valence-electron chi connectivity index (χ2n) is 7.63. The topological polar surface area (TPSA) is 89.1 Å². The van der Waals surface area contributed by atoms with E-state index in [2.05, 4.69) is 37.1 Å². The Morgan fingerprint density at radius 3 is 2.67 bits per heavy atom. The fraction of sp³-hybridized carbons (Fsp3) is 0.667. The van der Waals surface area contributed by atoms with Gasteiger partial charge in [-0.05, 0) is 45.4 Å². The molecule has 3 heterocycles. The molecule has 2 fully saturated rings. The summed E-state index contributed by atoms with van der Waals surface area (Å²) in [6.45, 7) is 8.03. The van der Waals surface area contributed by atoms with Gasteiger partial charge in [0.15, 0.2) is 11.0 Å². The summed E-state index contributed by atoms with van der Waals surface area (Å²) in [5, 5.41) is 16.0. The van der Waals surface area contributed by atoms with Crippen LogP contribution < -0.4 is 10.2 Å². The van der Waals surface area contributed by atoms with Gasteiger partial charge in [-0.25, -0.2) is 0 Å². The molecule has 0 aromatic carbocycles. The van der Waals surface area contributed by atoms with Gasteiger partial charge in [0.2, 0.25) is 11.9 Å². The molecule has 2 aromatic rings. The Morgan fingerprint density at radius 2 is 2.04 bits per heavy atom. The number of hydrogen-bond donors (Lipinski definition) is 1. The molecule has 9 heteroatoms. The Morgan fingerprint density at radius 1 is 1.30 bits per heavy atom. The minimum Gasteiger partial charge on any atom is -0.360 e. The zero-order chi connectivity index (χ0) is 19.0. The molecule has 27 heavy (non-hydrogen) atoms. The summed E-state index contributed by atoms with van der Waals surface area (Å²) in [7, 11) is 0. The van der Waals surface area contributed by atoms with Crippen molar-refractivity contribution in [2.24, 2.45) is 5.92 Å². The highest BCUT2D eigenvalue weighted by atomic mass is 32.2. The van der Waals surface area contributed by atoms with Gasteiger partial charge < -0.3 is 14.7 Å². The second-order valence-corrected chi connectivity index (χ2v) is 8.93. The Labute approximate surface area is 163 Å². The first-order valence-electron chi connectivity index (χ1n) is 9.62. The minimum atomic E-state index is -0.307. The van der Waals surface area contributed by atoms with Gasteiger partial charge in [-0.2, -0.15) is 0 Å². The average molecular weight is 391 g/mol. The fourth-order valence-corrected chi connectivity index (χ4v) is 4.21. The minimum absolute atomic E-state index is 0.119. The van der Waals surface area contributed by atoms with E-state index >= 15 is 0 Å². The van der Waals surface area contributed by atoms with Gasteiger partial charge in [0.1, 0.15) is 5.76 Å². The molecule has 1 atom stereocenters. The molecule has 0 unspecified atom stereocenters. The molecular weight excluding hydrogens is 364 g/mol. The molecule has 1 amide bonds. The second kappa shape index (κ2) is 7.53. The maximum Gasteiger partial charge on any atom is 0.238 e. The lowest BCUT2D eigenvalue weighted by Crippen LogP contribution is -2.34. The van der Waals surface area contributed by atoms with Gasteiger partial charge in [-0.15, -0.1) is 10.2 Å². The number of nitrogens with zero attached hydrogens (tertiary/aromatic N) is 5. The van der Waals surface area contributed by atoms with Crippen LogP contribution in [0.15, 0.2) is 15.7 Å². The summed E-state index contributed by atoms with van der Waals surface area (Å²) in [5.74, 6) is 2.73. The summed E-state index contributed by atoms with van der Waals surface area (Å²) >= 11 is 1.45. The smallest absolute Gasteiger partial charge is 0.238 e. The Bertz CT molecular complexity index is 807. The Hall–Kier alpha value is -2.03. The third-order valence-electron chi connectivity index (χ3n) is 5.16. The maximum absolute atomic E-state index is 12.5. The third kappa shape index (κ3) is 4.12. The van der Waals surface area contributed by atoms with Crippen molar-refractivity contribution in [1.82, 2.24) is 19.9 Å². The molecule has 4 rings (SSSR count). The maximum atomic E-state index is 12.5. The predicted molar refractivity (Wildman–Crippen MR) is 104 cm³/mol. The molecule has 2 aromatic heterocycles. The van der Waals surface area contributed by atoms with Crippen LogP contribution in [0.1, 0.15) is 51.3 Å². The van der Waals surface area contributed by atoms with E-state index in [0.29, 0.717) is 17.6 Å². The quantitative estimate of drug-likeness (QED) is 0.757. The average Bonchev–Trinajstić information content (AvgIpc) is 3.28. The van der Waals surface area contributed by atoms with Crippen LogP contribution in [-0.4, -0.2) is 44.2 Å². The fourth-order valence-electron chi connectivity index (χ4n) is 3.29. The first kappa shape index (κ1) is 18.3. The van der Waals surface area contributed by atoms with Crippen molar-refractivity contribution >= 4 is 29.4 Å². The number of thioether (sulfide) groups is 1. The molecule has 2 aliphatic rings. The van der Waals surface area contributed by atoms with Crippen molar-refractivity contribution in [3.63, 3.8) is 0 Å². The Kier molecular flexibility index (Phi) is 5.12. The van der Waals surface area contributed by atoms with Crippen molar-refractivity contribution in [1.29, 1.82) is 0 Å². The van der Waals surface area contributed by atoms with E-state index in [1.807, 2.05) is 6.92 Å². The lowest BCUT2D eigenvalue weighted by molar-refractivity contribution is -0.115. The molecule has 1 aliphatic heterocycles. The normalized spacial score (nSPS) is 19.3. The van der Waals surface area contributed by atoms with Crippen LogP contribution >= 0.6 is 11.8 Å². The predicted octanol–water partition coefficient (Wildman–Crippen LogP) is 3.27. The van der Waals surface area contributed by atoms with E-state index in [1.165, 1.54) is 24.6 Å². The lowest BCUT2D eigenvalue weighted by atomic mass is 10.00. The van der Waals surface area contributed by atoms with Crippen molar-refractivity contribution in [3.05, 3.63) is 11.8 Å². The van der Waals surface area contributed by atoms with Crippen molar-refractivity contribution in [2.45, 2.75) is 62.9 Å². The molecule has 1 aliphatic carbocycles. The van der Waals surface area contributed by atoms with Gasteiger partial charge >= 0.3 is 0 Å². The van der Waals surface area contributed by atoms with Gasteiger partial charge in [-0.1, -0.05) is 23.8 Å². The molecule has 1 saturated heterocycles. The van der Waals surface area contributed by atoms with Crippen LogP contribution in [0.2, 0.25) is 0 Å². The van der Waals surface area contributed by atoms with E-state index in [4.69, 9.17) is 4.52 Å². The standard InChI is InChI=1S/C18H26N6O2S/c1-11-6-8-23(9-7-11)17-20-21-18(24(17)14-4-5-14)27-13(3)16(25)19-15-10-12(2)26-22-15/h10-11,13-14H,4-9H2,1-3H3,(H,19,22,25)/t13-/m1/s1. The zero-order valence-electron chi connectivity index (χ0n) is 16.0. The highest BCUT2D eigenvalue weighted by Gasteiger charge is 2.33. The van der Waals surface area contributed by atoms with Gasteiger partial charge in [0, 0.05) is 25.2 Å². The first-order chi connectivity index (χ1) is 13.0. The van der Waals surface area contributed by atoms with Crippen LogP contribution in [0.4, 0.5) is 11.8 Å². The van der Waals surface area contributed by atoms with Crippen LogP contribution in [-0.2, 0) is 4.79 Å². The lowest BCUT2D eigenvalue weighted by Gasteiger charge is -2.31. The third-order valence-corrected chi connectivity index (χ3v) is 6.21. The molecule has 0 spiro atoms. The number of hydrogen-bond acceptors (Lipinski definition) is 7. The molecule has 8 nitrogen and oxygen atoms in total. The van der Waals surface area contributed by atoms with Crippen molar-refractivity contribution in [2.75, 3.05) is 23.3 Å². The van der Waals surface area contributed by atoms with E-state index < -0.39 is 0 Å². The highest BCUT2D eigenvalue weighted by molar-refractivity contribution is 8.00. The number of rotatable bonds is 6. The largest absolute Gasteiger partial charge is 0.360 e. The number of piperidine rings is 1. The number of anilines is 2. The zero-order valence-corrected chi connectivity index (χ0v) is 16.8. The SMILES string of the molecule is Cc1cc(NC(=O)[C@@H](C)Sc2nnc(N3CCC(C)CC3)n2C2CC2)no1. The summed E-state index contributed by atoms with van der Waals surface area (Å²) in [6, 6.07) is 2.17. The van der Waals surface area contributed by atoms with Gasteiger partial charge in [0.05, 0.1) is 5.25 Å². The summed E-state index contributed by atoms with van der Waals surface area (Å²) in [5.41, 5.74) is 0. The van der Waals surface area contributed by atoms with E-state index in [9.17, 15) is 4.79 Å². The number of carbonyl (C=O) groups excluding carboxylic acids is 1. The van der Waals surface area contributed by atoms with Gasteiger partial charge in [0.25, 0.3) is 0 Å². The summed E-state index contributed by atoms with van der Waals surface area (Å²) in [6.07, 6.45) is 4.69. The molecule has 0 bridgehead atoms. The van der Waals surface area contributed by atoms with E-state index in [0.717, 1.165) is 43.0 Å². The van der Waals surface area contributed by atoms with E-state index in [-0.39, 0.29) is 11.2 Å². The Balaban J connectivity index is 1.46. The van der Waals surface area contributed by atoms with Gasteiger partial charge in [-0.3, -0.25) is 9.36 Å². The molecule has 1 N–H and O–H groups in total. The van der Waals surface area contributed by atoms with Crippen LogP contribution in [0, 0.1) is 12.8 Å². The highest BCUT2D eigenvalue weighted by Crippen LogP contribution is 2.42. The number of carbonyl (C=O) groups is 1. The van der Waals surface area contributed by atoms with E-state index in [1.54, 1.807) is 13.0 Å².